The third-order valence-corrected chi connectivity index (χ3v) is 3.92. The van der Waals surface area contributed by atoms with Gasteiger partial charge in [-0.2, -0.15) is 0 Å². The van der Waals surface area contributed by atoms with Gasteiger partial charge in [0.15, 0.2) is 6.61 Å². The number of hydrogen-bond acceptors (Lipinski definition) is 3. The van der Waals surface area contributed by atoms with Crippen LogP contribution in [0.5, 0.6) is 0 Å². The number of ether oxygens (including phenoxy) is 1. The summed E-state index contributed by atoms with van der Waals surface area (Å²) in [6, 6.07) is 12.7. The molecule has 0 atom stereocenters. The van der Waals surface area contributed by atoms with Crippen LogP contribution < -0.4 is 5.32 Å². The Kier molecular flexibility index (Phi) is 6.19. The minimum absolute atomic E-state index is 0.215. The molecule has 0 bridgehead atoms. The molecule has 0 heterocycles. The minimum atomic E-state index is -0.637. The summed E-state index contributed by atoms with van der Waals surface area (Å²) >= 11 is 9.19. The van der Waals surface area contributed by atoms with Crippen molar-refractivity contribution in [2.45, 2.75) is 13.5 Å². The third-order valence-electron chi connectivity index (χ3n) is 3.09. The topological polar surface area (TPSA) is 55.4 Å². The highest BCUT2D eigenvalue weighted by Gasteiger charge is 2.14. The number of halogens is 2. The first-order chi connectivity index (χ1) is 11.0. The predicted molar refractivity (Wildman–Crippen MR) is 92.5 cm³/mol. The van der Waals surface area contributed by atoms with Gasteiger partial charge in [-0.1, -0.05) is 57.4 Å². The Balaban J connectivity index is 1.83. The van der Waals surface area contributed by atoms with Gasteiger partial charge in [-0.25, -0.2) is 4.79 Å². The molecule has 120 valence electrons. The summed E-state index contributed by atoms with van der Waals surface area (Å²) in [6.45, 7) is 2.02. The van der Waals surface area contributed by atoms with Crippen molar-refractivity contribution < 1.29 is 14.3 Å². The Morgan fingerprint density at radius 2 is 1.87 bits per heavy atom. The Labute approximate surface area is 147 Å². The lowest BCUT2D eigenvalue weighted by Crippen LogP contribution is -2.28. The summed E-state index contributed by atoms with van der Waals surface area (Å²) in [5.41, 5.74) is 2.34. The molecule has 0 aliphatic carbocycles. The van der Waals surface area contributed by atoms with Crippen molar-refractivity contribution in [1.82, 2.24) is 5.32 Å². The van der Waals surface area contributed by atoms with Gasteiger partial charge in [-0.05, 0) is 30.7 Å². The summed E-state index contributed by atoms with van der Waals surface area (Å²) in [6.07, 6.45) is 0. The van der Waals surface area contributed by atoms with Crippen LogP contribution in [0.4, 0.5) is 0 Å². The second-order valence-electron chi connectivity index (χ2n) is 4.96. The first kappa shape index (κ1) is 17.5. The van der Waals surface area contributed by atoms with Crippen molar-refractivity contribution in [3.05, 3.63) is 68.7 Å². The fourth-order valence-corrected chi connectivity index (χ4v) is 2.38. The van der Waals surface area contributed by atoms with Crippen molar-refractivity contribution in [3.8, 4) is 0 Å². The highest BCUT2D eigenvalue weighted by Crippen LogP contribution is 2.21. The Bertz CT molecular complexity index is 716. The number of carbonyl (C=O) groups is 2. The van der Waals surface area contributed by atoms with Crippen LogP contribution in [0.25, 0.3) is 0 Å². The van der Waals surface area contributed by atoms with Crippen LogP contribution in [0.3, 0.4) is 0 Å². The molecule has 0 aliphatic rings. The van der Waals surface area contributed by atoms with Gasteiger partial charge in [-0.15, -0.1) is 0 Å². The van der Waals surface area contributed by atoms with Crippen LogP contribution in [0, 0.1) is 6.92 Å². The number of nitrogens with one attached hydrogen (secondary N) is 1. The molecule has 2 aromatic carbocycles. The molecule has 0 aliphatic heterocycles. The monoisotopic (exact) mass is 395 g/mol. The van der Waals surface area contributed by atoms with Gasteiger partial charge in [0.05, 0.1) is 10.6 Å². The lowest BCUT2D eigenvalue weighted by Gasteiger charge is -2.08. The van der Waals surface area contributed by atoms with E-state index in [0.29, 0.717) is 11.0 Å². The molecule has 6 heteroatoms. The number of hydrogen-bond donors (Lipinski definition) is 1. The van der Waals surface area contributed by atoms with E-state index >= 15 is 0 Å². The zero-order valence-corrected chi connectivity index (χ0v) is 14.8. The van der Waals surface area contributed by atoms with E-state index in [1.165, 1.54) is 0 Å². The first-order valence-corrected chi connectivity index (χ1v) is 8.07. The van der Waals surface area contributed by atoms with E-state index in [4.69, 9.17) is 16.3 Å². The normalized spacial score (nSPS) is 10.2. The molecule has 0 saturated carbocycles. The number of aryl methyl sites for hydroxylation is 1. The molecule has 23 heavy (non-hydrogen) atoms. The van der Waals surface area contributed by atoms with Crippen LogP contribution in [0.2, 0.25) is 5.02 Å². The van der Waals surface area contributed by atoms with Gasteiger partial charge in [0.25, 0.3) is 5.91 Å². The van der Waals surface area contributed by atoms with Gasteiger partial charge < -0.3 is 10.1 Å². The van der Waals surface area contributed by atoms with E-state index in [-0.39, 0.29) is 23.1 Å². The number of amides is 1. The Morgan fingerprint density at radius 3 is 2.57 bits per heavy atom. The van der Waals surface area contributed by atoms with Crippen molar-refractivity contribution in [1.29, 1.82) is 0 Å². The molecule has 0 aromatic heterocycles. The highest BCUT2D eigenvalue weighted by molar-refractivity contribution is 9.10. The van der Waals surface area contributed by atoms with Crippen molar-refractivity contribution in [2.75, 3.05) is 6.61 Å². The lowest BCUT2D eigenvalue weighted by atomic mass is 10.1. The maximum Gasteiger partial charge on any atom is 0.340 e. The zero-order valence-electron chi connectivity index (χ0n) is 12.4. The van der Waals surface area contributed by atoms with E-state index in [1.54, 1.807) is 18.2 Å². The number of esters is 1. The Hall–Kier alpha value is -1.85. The zero-order chi connectivity index (χ0) is 16.8. The molecule has 0 unspecified atom stereocenters. The maximum atomic E-state index is 11.9. The molecule has 0 fully saturated rings. The molecule has 1 N–H and O–H groups in total. The second-order valence-corrected chi connectivity index (χ2v) is 6.29. The molecule has 0 spiro atoms. The maximum absolute atomic E-state index is 11.9. The molecule has 0 saturated heterocycles. The molecular weight excluding hydrogens is 382 g/mol. The first-order valence-electron chi connectivity index (χ1n) is 6.90. The van der Waals surface area contributed by atoms with E-state index < -0.39 is 5.97 Å². The molecule has 2 aromatic rings. The van der Waals surface area contributed by atoms with Crippen LogP contribution in [-0.4, -0.2) is 18.5 Å². The molecule has 4 nitrogen and oxygen atoms in total. The largest absolute Gasteiger partial charge is 0.452 e. The van der Waals surface area contributed by atoms with E-state index in [1.807, 2.05) is 31.2 Å². The van der Waals surface area contributed by atoms with Crippen LogP contribution in [0.1, 0.15) is 21.5 Å². The molecular formula is C17H15BrClNO3. The summed E-state index contributed by atoms with van der Waals surface area (Å²) in [5.74, 6) is -1.01. The molecule has 1 amide bonds. The molecule has 2 rings (SSSR count). The predicted octanol–water partition coefficient (Wildman–Crippen LogP) is 3.88. The van der Waals surface area contributed by atoms with Crippen LogP contribution >= 0.6 is 27.5 Å². The molecule has 0 radical (unpaired) electrons. The van der Waals surface area contributed by atoms with E-state index in [9.17, 15) is 9.59 Å². The second kappa shape index (κ2) is 8.13. The van der Waals surface area contributed by atoms with Gasteiger partial charge in [0, 0.05) is 11.0 Å². The Morgan fingerprint density at radius 1 is 1.17 bits per heavy atom. The van der Waals surface area contributed by atoms with Crippen molar-refractivity contribution >= 4 is 39.4 Å². The number of rotatable bonds is 5. The van der Waals surface area contributed by atoms with Crippen molar-refractivity contribution in [3.63, 3.8) is 0 Å². The van der Waals surface area contributed by atoms with Gasteiger partial charge in [0.1, 0.15) is 0 Å². The summed E-state index contributed by atoms with van der Waals surface area (Å²) < 4.78 is 5.68. The standard InChI is InChI=1S/C17H15BrClNO3/c1-11-2-4-12(5-3-11)9-20-16(21)10-23-17(22)14-8-13(18)6-7-15(14)19/h2-8H,9-10H2,1H3,(H,20,21). The van der Waals surface area contributed by atoms with E-state index in [2.05, 4.69) is 21.2 Å². The van der Waals surface area contributed by atoms with Crippen LogP contribution in [-0.2, 0) is 16.1 Å². The number of benzene rings is 2. The fourth-order valence-electron chi connectivity index (χ4n) is 1.82. The summed E-state index contributed by atoms with van der Waals surface area (Å²) in [4.78, 5) is 23.7. The quantitative estimate of drug-likeness (QED) is 0.780. The third kappa shape index (κ3) is 5.37. The average molecular weight is 397 g/mol. The highest BCUT2D eigenvalue weighted by atomic mass is 79.9. The van der Waals surface area contributed by atoms with Crippen LogP contribution in [0.15, 0.2) is 46.9 Å². The van der Waals surface area contributed by atoms with Gasteiger partial charge >= 0.3 is 5.97 Å². The summed E-state index contributed by atoms with van der Waals surface area (Å²) in [5, 5.41) is 2.97. The lowest BCUT2D eigenvalue weighted by molar-refractivity contribution is -0.124. The van der Waals surface area contributed by atoms with Crippen molar-refractivity contribution in [2.24, 2.45) is 0 Å². The smallest absolute Gasteiger partial charge is 0.340 e. The average Bonchev–Trinajstić information content (AvgIpc) is 2.54. The fraction of sp³-hybridized carbons (Fsp3) is 0.176. The minimum Gasteiger partial charge on any atom is -0.452 e. The van der Waals surface area contributed by atoms with E-state index in [0.717, 1.165) is 11.1 Å². The number of carbonyl (C=O) groups excluding carboxylic acids is 2. The van der Waals surface area contributed by atoms with Gasteiger partial charge in [0.2, 0.25) is 0 Å². The van der Waals surface area contributed by atoms with Gasteiger partial charge in [-0.3, -0.25) is 4.79 Å². The summed E-state index contributed by atoms with van der Waals surface area (Å²) in [7, 11) is 0. The SMILES string of the molecule is Cc1ccc(CNC(=O)COC(=O)c2cc(Br)ccc2Cl)cc1.